The molecule has 2 aliphatic heterocycles. The maximum atomic E-state index is 13.4. The summed E-state index contributed by atoms with van der Waals surface area (Å²) in [7, 11) is 0. The van der Waals surface area contributed by atoms with E-state index in [1.165, 1.54) is 6.42 Å². The van der Waals surface area contributed by atoms with Crippen LogP contribution in [0.3, 0.4) is 0 Å². The number of piperidine rings is 1. The van der Waals surface area contributed by atoms with Gasteiger partial charge in [0.05, 0.1) is 6.04 Å². The summed E-state index contributed by atoms with van der Waals surface area (Å²) in [6, 6.07) is -0.421. The summed E-state index contributed by atoms with van der Waals surface area (Å²) in [4.78, 5) is 40.1. The van der Waals surface area contributed by atoms with E-state index >= 15 is 0 Å². The van der Waals surface area contributed by atoms with Gasteiger partial charge in [0.25, 0.3) is 0 Å². The molecule has 3 N–H and O–H groups in total. The number of fused-ring (bicyclic) bond motifs is 3. The molecule has 0 aromatic rings. The zero-order valence-corrected chi connectivity index (χ0v) is 18.9. The summed E-state index contributed by atoms with van der Waals surface area (Å²) in [6.45, 7) is 6.99. The fourth-order valence-corrected chi connectivity index (χ4v) is 6.01. The van der Waals surface area contributed by atoms with Crippen LogP contribution < -0.4 is 5.73 Å². The Kier molecular flexibility index (Phi) is 7.26. The second-order valence-corrected chi connectivity index (χ2v) is 10.6. The van der Waals surface area contributed by atoms with Crippen molar-refractivity contribution in [1.29, 1.82) is 0 Å². The lowest BCUT2D eigenvalue weighted by atomic mass is 9.85. The summed E-state index contributed by atoms with van der Waals surface area (Å²) in [5.74, 6) is -0.657. The molecule has 3 fully saturated rings. The number of rotatable bonds is 2. The first-order valence-corrected chi connectivity index (χ1v) is 12.0. The molecule has 0 aromatic carbocycles. The monoisotopic (exact) mass is 420 g/mol. The van der Waals surface area contributed by atoms with E-state index in [2.05, 4.69) is 13.8 Å². The number of carbonyl (C=O) groups is 3. The van der Waals surface area contributed by atoms with Gasteiger partial charge in [0.1, 0.15) is 6.10 Å². The highest BCUT2D eigenvalue weighted by atomic mass is 16.3. The number of hydrogen-bond acceptors (Lipinski definition) is 4. The lowest BCUT2D eigenvalue weighted by Crippen LogP contribution is -2.48. The van der Waals surface area contributed by atoms with Crippen molar-refractivity contribution in [2.75, 3.05) is 6.54 Å². The number of carbonyl (C=O) groups excluding carboxylic acids is 3. The molecule has 2 amide bonds. The lowest BCUT2D eigenvalue weighted by Gasteiger charge is -2.33. The van der Waals surface area contributed by atoms with Crippen molar-refractivity contribution < 1.29 is 19.5 Å². The molecule has 0 aromatic heterocycles. The summed E-state index contributed by atoms with van der Waals surface area (Å²) >= 11 is 0. The van der Waals surface area contributed by atoms with E-state index in [0.29, 0.717) is 18.9 Å². The first-order valence-electron chi connectivity index (χ1n) is 12.0. The molecule has 3 rings (SSSR count). The van der Waals surface area contributed by atoms with Crippen molar-refractivity contribution in [1.82, 2.24) is 4.90 Å². The molecular formula is C24H40N2O4. The molecule has 170 valence electrons. The van der Waals surface area contributed by atoms with E-state index in [0.717, 1.165) is 44.9 Å². The van der Waals surface area contributed by atoms with E-state index in [9.17, 15) is 19.5 Å². The van der Waals surface area contributed by atoms with Gasteiger partial charge >= 0.3 is 0 Å². The van der Waals surface area contributed by atoms with Gasteiger partial charge in [-0.15, -0.1) is 0 Å². The molecule has 1 aliphatic carbocycles. The highest BCUT2D eigenvalue weighted by Gasteiger charge is 2.69. The maximum Gasteiger partial charge on any atom is 0.246 e. The Morgan fingerprint density at radius 2 is 1.63 bits per heavy atom. The molecular weight excluding hydrogens is 380 g/mol. The predicted octanol–water partition coefficient (Wildman–Crippen LogP) is 3.05. The Hall–Kier alpha value is -1.43. The third kappa shape index (κ3) is 4.74. The van der Waals surface area contributed by atoms with Gasteiger partial charge < -0.3 is 15.7 Å². The van der Waals surface area contributed by atoms with Gasteiger partial charge in [-0.25, -0.2) is 0 Å². The zero-order valence-electron chi connectivity index (χ0n) is 18.9. The number of nitrogens with two attached hydrogens (primary N) is 1. The molecule has 1 unspecified atom stereocenters. The predicted molar refractivity (Wildman–Crippen MR) is 115 cm³/mol. The van der Waals surface area contributed by atoms with Crippen LogP contribution in [0.25, 0.3) is 0 Å². The number of aliphatic hydroxyl groups excluding tert-OH is 1. The number of aliphatic hydroxyl groups is 1. The van der Waals surface area contributed by atoms with Crippen LogP contribution in [0.2, 0.25) is 0 Å². The van der Waals surface area contributed by atoms with Crippen molar-refractivity contribution in [2.24, 2.45) is 34.8 Å². The minimum atomic E-state index is -1.31. The van der Waals surface area contributed by atoms with Gasteiger partial charge in [0, 0.05) is 24.8 Å². The molecule has 3 aliphatic rings. The lowest BCUT2D eigenvalue weighted by molar-refractivity contribution is -0.143. The number of hydrogen-bond donors (Lipinski definition) is 2. The molecule has 30 heavy (non-hydrogen) atoms. The van der Waals surface area contributed by atoms with Gasteiger partial charge in [-0.3, -0.25) is 14.4 Å². The third-order valence-corrected chi connectivity index (χ3v) is 8.16. The second-order valence-electron chi connectivity index (χ2n) is 10.6. The maximum absolute atomic E-state index is 13.4. The molecule has 0 radical (unpaired) electrons. The van der Waals surface area contributed by atoms with Gasteiger partial charge in [-0.05, 0) is 30.1 Å². The molecule has 0 spiro atoms. The Labute approximate surface area is 180 Å². The molecule has 2 saturated heterocycles. The van der Waals surface area contributed by atoms with Gasteiger partial charge in [-0.1, -0.05) is 65.7 Å². The molecule has 2 heterocycles. The summed E-state index contributed by atoms with van der Waals surface area (Å²) in [6.07, 6.45) is 7.88. The summed E-state index contributed by atoms with van der Waals surface area (Å²) in [5.41, 5.74) is 5.44. The van der Waals surface area contributed by atoms with Crippen LogP contribution in [-0.4, -0.2) is 46.3 Å². The van der Waals surface area contributed by atoms with Crippen molar-refractivity contribution in [3.8, 4) is 0 Å². The topological polar surface area (TPSA) is 101 Å². The molecule has 6 heteroatoms. The normalized spacial score (nSPS) is 36.7. The van der Waals surface area contributed by atoms with Gasteiger partial charge in [0.2, 0.25) is 11.8 Å². The van der Waals surface area contributed by atoms with Crippen LogP contribution >= 0.6 is 0 Å². The SMILES string of the molecule is C[C@H]1CCCCCCCCC[C@@H](C(O)C(N)=O)CC(=O)[C@@H]2[C@@H]3[C@H](CN2C1=O)C3(C)C. The highest BCUT2D eigenvalue weighted by Crippen LogP contribution is 2.65. The van der Waals surface area contributed by atoms with Crippen LogP contribution in [0.5, 0.6) is 0 Å². The smallest absolute Gasteiger partial charge is 0.246 e. The number of primary amides is 1. The minimum Gasteiger partial charge on any atom is -0.383 e. The first-order chi connectivity index (χ1) is 14.2. The minimum absolute atomic E-state index is 0.00832. The van der Waals surface area contributed by atoms with Gasteiger partial charge in [-0.2, -0.15) is 0 Å². The Morgan fingerprint density at radius 1 is 1.07 bits per heavy atom. The van der Waals surface area contributed by atoms with Crippen molar-refractivity contribution in [3.63, 3.8) is 0 Å². The van der Waals surface area contributed by atoms with Crippen LogP contribution in [0.4, 0.5) is 0 Å². The Balaban J connectivity index is 1.81. The van der Waals surface area contributed by atoms with Gasteiger partial charge in [0.15, 0.2) is 5.78 Å². The highest BCUT2D eigenvalue weighted by molar-refractivity contribution is 5.92. The summed E-state index contributed by atoms with van der Waals surface area (Å²) in [5, 5.41) is 10.4. The van der Waals surface area contributed by atoms with Crippen LogP contribution in [0.1, 0.15) is 85.0 Å². The molecule has 6 nitrogen and oxygen atoms in total. The van der Waals surface area contributed by atoms with E-state index in [1.807, 2.05) is 11.8 Å². The zero-order chi connectivity index (χ0) is 22.1. The number of ketones is 1. The van der Waals surface area contributed by atoms with Crippen LogP contribution in [-0.2, 0) is 14.4 Å². The third-order valence-electron chi connectivity index (χ3n) is 8.16. The first kappa shape index (κ1) is 23.2. The van der Waals surface area contributed by atoms with Crippen molar-refractivity contribution >= 4 is 17.6 Å². The Bertz CT molecular complexity index is 662. The number of amides is 2. The van der Waals surface area contributed by atoms with E-state index in [-0.39, 0.29) is 35.4 Å². The number of Topliss-reactive ketones (excluding diaryl/α,β-unsaturated/α-hetero) is 1. The molecule has 1 saturated carbocycles. The average Bonchev–Trinajstić information content (AvgIpc) is 3.04. The average molecular weight is 421 g/mol. The summed E-state index contributed by atoms with van der Waals surface area (Å²) < 4.78 is 0. The Morgan fingerprint density at radius 3 is 2.23 bits per heavy atom. The quantitative estimate of drug-likeness (QED) is 0.717. The molecule has 0 bridgehead atoms. The van der Waals surface area contributed by atoms with Crippen molar-refractivity contribution in [3.05, 3.63) is 0 Å². The van der Waals surface area contributed by atoms with Crippen LogP contribution in [0, 0.1) is 29.1 Å². The standard InChI is InChI=1S/C24H40N2O4/c1-15-11-9-7-5-4-6-8-10-12-16(21(28)22(25)29)13-18(27)20-19-17(24(19,2)3)14-26(20)23(15)30/h15-17,19-21,28H,4-14H2,1-3H3,(H2,25,29)/t15-,16+,17-,19-,20+,21?/m0/s1. The van der Waals surface area contributed by atoms with Crippen LogP contribution in [0.15, 0.2) is 0 Å². The fourth-order valence-electron chi connectivity index (χ4n) is 6.01. The van der Waals surface area contributed by atoms with Crippen molar-refractivity contribution in [2.45, 2.75) is 97.1 Å². The fraction of sp³-hybridized carbons (Fsp3) is 0.875. The van der Waals surface area contributed by atoms with E-state index in [4.69, 9.17) is 5.73 Å². The molecule has 6 atom stereocenters. The largest absolute Gasteiger partial charge is 0.383 e. The van der Waals surface area contributed by atoms with E-state index in [1.54, 1.807) is 0 Å². The second kappa shape index (κ2) is 9.37. The van der Waals surface area contributed by atoms with E-state index < -0.39 is 24.0 Å². The number of nitrogens with zero attached hydrogens (tertiary/aromatic N) is 1.